The van der Waals surface area contributed by atoms with Gasteiger partial charge in [-0.15, -0.1) is 0 Å². The summed E-state index contributed by atoms with van der Waals surface area (Å²) in [4.78, 5) is 12.4. The molecule has 0 spiro atoms. The van der Waals surface area contributed by atoms with E-state index in [0.717, 1.165) is 5.56 Å². The summed E-state index contributed by atoms with van der Waals surface area (Å²) in [5.74, 6) is -0.0441. The van der Waals surface area contributed by atoms with Gasteiger partial charge in [-0.05, 0) is 42.0 Å². The average molecular weight is 423 g/mol. The predicted molar refractivity (Wildman–Crippen MR) is 112 cm³/mol. The Morgan fingerprint density at radius 3 is 2.36 bits per heavy atom. The molecule has 6 nitrogen and oxygen atoms in total. The van der Waals surface area contributed by atoms with Gasteiger partial charge < -0.3 is 10.1 Å². The molecule has 2 aromatic rings. The average Bonchev–Trinajstić information content (AvgIpc) is 2.68. The first kappa shape index (κ1) is 21.9. The molecule has 0 aliphatic heterocycles. The number of benzene rings is 2. The first-order valence-electron chi connectivity index (χ1n) is 8.74. The summed E-state index contributed by atoms with van der Waals surface area (Å²) in [6.07, 6.45) is 2.99. The quantitative estimate of drug-likeness (QED) is 0.651. The van der Waals surface area contributed by atoms with Crippen molar-refractivity contribution in [1.29, 1.82) is 0 Å². The number of ether oxygens (including phenoxy) is 1. The molecule has 0 aliphatic rings. The summed E-state index contributed by atoms with van der Waals surface area (Å²) in [7, 11) is -2.20. The molecular formula is C20H23ClN2O4S. The molecule has 0 aliphatic carbocycles. The van der Waals surface area contributed by atoms with E-state index in [-0.39, 0.29) is 10.6 Å². The maximum Gasteiger partial charge on any atom is 0.248 e. The second kappa shape index (κ2) is 9.73. The molecule has 2 rings (SSSR count). The van der Waals surface area contributed by atoms with Crippen LogP contribution in [-0.2, 0) is 14.8 Å². The summed E-state index contributed by atoms with van der Waals surface area (Å²) in [6.45, 7) is 4.26. The van der Waals surface area contributed by atoms with Crippen LogP contribution in [0.15, 0.2) is 53.4 Å². The van der Waals surface area contributed by atoms with Gasteiger partial charge in [-0.1, -0.05) is 37.6 Å². The molecule has 0 heterocycles. The third kappa shape index (κ3) is 5.34. The lowest BCUT2D eigenvalue weighted by Gasteiger charge is -2.19. The lowest BCUT2D eigenvalue weighted by atomic mass is 10.2. The Labute approximate surface area is 170 Å². The molecule has 8 heteroatoms. The minimum Gasteiger partial charge on any atom is -0.495 e. The van der Waals surface area contributed by atoms with Gasteiger partial charge in [0.2, 0.25) is 15.9 Å². The standard InChI is InChI=1S/C20H23ClN2O4S/c1-4-23(5-2)28(25,26)17-11-12-19(27-3)18(14-17)22-20(24)13-8-15-6-9-16(21)10-7-15/h6-14H,4-5H2,1-3H3,(H,22,24). The summed E-state index contributed by atoms with van der Waals surface area (Å²) < 4.78 is 32.0. The van der Waals surface area contributed by atoms with E-state index >= 15 is 0 Å². The number of hydrogen-bond donors (Lipinski definition) is 1. The fraction of sp³-hybridized carbons (Fsp3) is 0.250. The zero-order valence-corrected chi connectivity index (χ0v) is 17.5. The number of methoxy groups -OCH3 is 1. The largest absolute Gasteiger partial charge is 0.495 e. The third-order valence-electron chi connectivity index (χ3n) is 4.07. The summed E-state index contributed by atoms with van der Waals surface area (Å²) in [6, 6.07) is 11.4. The molecule has 150 valence electrons. The van der Waals surface area contributed by atoms with E-state index in [0.29, 0.717) is 23.9 Å². The van der Waals surface area contributed by atoms with Crippen molar-refractivity contribution in [3.8, 4) is 5.75 Å². The van der Waals surface area contributed by atoms with Crippen LogP contribution in [0.3, 0.4) is 0 Å². The zero-order valence-electron chi connectivity index (χ0n) is 16.0. The molecule has 0 saturated heterocycles. The van der Waals surface area contributed by atoms with Crippen molar-refractivity contribution >= 4 is 39.3 Å². The Morgan fingerprint density at radius 2 is 1.79 bits per heavy atom. The molecule has 0 unspecified atom stereocenters. The molecule has 28 heavy (non-hydrogen) atoms. The predicted octanol–water partition coefficient (Wildman–Crippen LogP) is 4.03. The van der Waals surface area contributed by atoms with Crippen LogP contribution in [0.2, 0.25) is 5.02 Å². The maximum absolute atomic E-state index is 12.7. The number of carbonyl (C=O) groups is 1. The summed E-state index contributed by atoms with van der Waals surface area (Å²) in [5, 5.41) is 3.28. The highest BCUT2D eigenvalue weighted by Crippen LogP contribution is 2.29. The fourth-order valence-electron chi connectivity index (χ4n) is 2.58. The molecule has 0 fully saturated rings. The van der Waals surface area contributed by atoms with E-state index in [2.05, 4.69) is 5.32 Å². The smallest absolute Gasteiger partial charge is 0.248 e. The van der Waals surface area contributed by atoms with Crippen molar-refractivity contribution in [3.05, 3.63) is 59.1 Å². The second-order valence-electron chi connectivity index (χ2n) is 5.83. The number of rotatable bonds is 8. The second-order valence-corrected chi connectivity index (χ2v) is 8.20. The van der Waals surface area contributed by atoms with Crippen molar-refractivity contribution in [2.75, 3.05) is 25.5 Å². The zero-order chi connectivity index (χ0) is 20.7. The normalized spacial score (nSPS) is 11.8. The minimum absolute atomic E-state index is 0.0916. The van der Waals surface area contributed by atoms with Crippen molar-refractivity contribution in [2.24, 2.45) is 0 Å². The maximum atomic E-state index is 12.7. The van der Waals surface area contributed by atoms with Crippen molar-refractivity contribution in [1.82, 2.24) is 4.31 Å². The van der Waals surface area contributed by atoms with Crippen LogP contribution in [0.4, 0.5) is 5.69 Å². The number of amides is 1. The van der Waals surface area contributed by atoms with Crippen LogP contribution in [0.25, 0.3) is 6.08 Å². The van der Waals surface area contributed by atoms with E-state index in [1.54, 1.807) is 44.2 Å². The summed E-state index contributed by atoms with van der Waals surface area (Å²) in [5.41, 5.74) is 1.09. The molecule has 0 bridgehead atoms. The highest BCUT2D eigenvalue weighted by Gasteiger charge is 2.23. The topological polar surface area (TPSA) is 75.7 Å². The molecular weight excluding hydrogens is 400 g/mol. The molecule has 0 aromatic heterocycles. The number of anilines is 1. The van der Waals surface area contributed by atoms with Crippen LogP contribution in [-0.4, -0.2) is 38.8 Å². The monoisotopic (exact) mass is 422 g/mol. The molecule has 1 amide bonds. The Bertz CT molecular complexity index is 953. The Balaban J connectivity index is 2.26. The first-order chi connectivity index (χ1) is 13.3. The third-order valence-corrected chi connectivity index (χ3v) is 6.37. The molecule has 0 atom stereocenters. The number of nitrogens with zero attached hydrogens (tertiary/aromatic N) is 1. The van der Waals surface area contributed by atoms with Gasteiger partial charge in [-0.25, -0.2) is 8.42 Å². The fourth-order valence-corrected chi connectivity index (χ4v) is 4.19. The minimum atomic E-state index is -3.65. The van der Waals surface area contributed by atoms with Crippen LogP contribution in [0.5, 0.6) is 5.75 Å². The highest BCUT2D eigenvalue weighted by atomic mass is 35.5. The number of halogens is 1. The van der Waals surface area contributed by atoms with Crippen molar-refractivity contribution in [2.45, 2.75) is 18.7 Å². The lowest BCUT2D eigenvalue weighted by molar-refractivity contribution is -0.111. The number of carbonyl (C=O) groups excluding carboxylic acids is 1. The molecule has 2 aromatic carbocycles. The number of sulfonamides is 1. The van der Waals surface area contributed by atoms with Gasteiger partial charge in [0.05, 0.1) is 17.7 Å². The SMILES string of the molecule is CCN(CC)S(=O)(=O)c1ccc(OC)c(NC(=O)C=Cc2ccc(Cl)cc2)c1. The first-order valence-corrected chi connectivity index (χ1v) is 10.6. The van der Waals surface area contributed by atoms with Crippen molar-refractivity contribution in [3.63, 3.8) is 0 Å². The van der Waals surface area contributed by atoms with E-state index in [1.807, 2.05) is 0 Å². The highest BCUT2D eigenvalue weighted by molar-refractivity contribution is 7.89. The molecule has 0 radical (unpaired) electrons. The van der Waals surface area contributed by atoms with Gasteiger partial charge >= 0.3 is 0 Å². The van der Waals surface area contributed by atoms with Crippen LogP contribution >= 0.6 is 11.6 Å². The van der Waals surface area contributed by atoms with Gasteiger partial charge in [0, 0.05) is 24.2 Å². The van der Waals surface area contributed by atoms with Crippen LogP contribution in [0.1, 0.15) is 19.4 Å². The number of hydrogen-bond acceptors (Lipinski definition) is 4. The van der Waals surface area contributed by atoms with Gasteiger partial charge in [-0.2, -0.15) is 4.31 Å². The van der Waals surface area contributed by atoms with Gasteiger partial charge in [0.25, 0.3) is 0 Å². The van der Waals surface area contributed by atoms with Gasteiger partial charge in [0.15, 0.2) is 0 Å². The van der Waals surface area contributed by atoms with E-state index in [4.69, 9.17) is 16.3 Å². The Kier molecular flexibility index (Phi) is 7.62. The summed E-state index contributed by atoms with van der Waals surface area (Å²) >= 11 is 5.84. The van der Waals surface area contributed by atoms with Gasteiger partial charge in [-0.3, -0.25) is 4.79 Å². The van der Waals surface area contributed by atoms with Gasteiger partial charge in [0.1, 0.15) is 5.75 Å². The Hall–Kier alpha value is -2.35. The van der Waals surface area contributed by atoms with E-state index < -0.39 is 15.9 Å². The van der Waals surface area contributed by atoms with Crippen LogP contribution in [0, 0.1) is 0 Å². The van der Waals surface area contributed by atoms with Crippen LogP contribution < -0.4 is 10.1 Å². The van der Waals surface area contributed by atoms with Crippen molar-refractivity contribution < 1.29 is 17.9 Å². The molecule has 1 N–H and O–H groups in total. The van der Waals surface area contributed by atoms with E-state index in [1.165, 1.54) is 35.7 Å². The lowest BCUT2D eigenvalue weighted by Crippen LogP contribution is -2.30. The van der Waals surface area contributed by atoms with E-state index in [9.17, 15) is 13.2 Å². The molecule has 0 saturated carbocycles. The Morgan fingerprint density at radius 1 is 1.14 bits per heavy atom. The number of nitrogens with one attached hydrogen (secondary N) is 1.